The zero-order valence-electron chi connectivity index (χ0n) is 10.9. The van der Waals surface area contributed by atoms with Crippen LogP contribution >= 0.6 is 11.6 Å². The quantitative estimate of drug-likeness (QED) is 0.834. The molecule has 0 spiro atoms. The zero-order valence-corrected chi connectivity index (χ0v) is 11.6. The maximum atomic E-state index is 11.8. The first kappa shape index (κ1) is 14.9. The molecule has 1 aromatic heterocycles. The van der Waals surface area contributed by atoms with Crippen LogP contribution in [0.3, 0.4) is 0 Å². The fraction of sp³-hybridized carbons (Fsp3) is 0.538. The number of anilines is 1. The summed E-state index contributed by atoms with van der Waals surface area (Å²) in [5, 5.41) is 3.26. The summed E-state index contributed by atoms with van der Waals surface area (Å²) in [6.45, 7) is 4.87. The third-order valence-electron chi connectivity index (χ3n) is 2.89. The SMILES string of the molecule is CC(C)(CCN)CCC(=O)Nc1cnccc1Cl. The maximum Gasteiger partial charge on any atom is 0.224 e. The van der Waals surface area contributed by atoms with Gasteiger partial charge in [-0.25, -0.2) is 0 Å². The summed E-state index contributed by atoms with van der Waals surface area (Å²) in [7, 11) is 0. The Bertz CT molecular complexity index is 407. The van der Waals surface area contributed by atoms with Crippen molar-refractivity contribution in [3.05, 3.63) is 23.5 Å². The van der Waals surface area contributed by atoms with Gasteiger partial charge in [0.1, 0.15) is 0 Å². The predicted octanol–water partition coefficient (Wildman–Crippen LogP) is 2.83. The van der Waals surface area contributed by atoms with E-state index in [1.54, 1.807) is 18.5 Å². The largest absolute Gasteiger partial charge is 0.330 e. The topological polar surface area (TPSA) is 68.0 Å². The second kappa shape index (κ2) is 6.71. The minimum atomic E-state index is -0.0463. The summed E-state index contributed by atoms with van der Waals surface area (Å²) < 4.78 is 0. The Balaban J connectivity index is 2.46. The lowest BCUT2D eigenvalue weighted by atomic mass is 9.84. The van der Waals surface area contributed by atoms with E-state index in [0.29, 0.717) is 23.7 Å². The van der Waals surface area contributed by atoms with Gasteiger partial charge in [0, 0.05) is 12.6 Å². The number of carbonyl (C=O) groups excluding carboxylic acids is 1. The van der Waals surface area contributed by atoms with Gasteiger partial charge in [0.15, 0.2) is 0 Å². The van der Waals surface area contributed by atoms with Crippen LogP contribution in [0, 0.1) is 5.41 Å². The maximum absolute atomic E-state index is 11.8. The Morgan fingerprint density at radius 3 is 2.83 bits per heavy atom. The van der Waals surface area contributed by atoms with Crippen LogP contribution in [0.2, 0.25) is 5.02 Å². The third kappa shape index (κ3) is 5.02. The Morgan fingerprint density at radius 1 is 1.50 bits per heavy atom. The van der Waals surface area contributed by atoms with Gasteiger partial charge in [0.25, 0.3) is 0 Å². The third-order valence-corrected chi connectivity index (χ3v) is 3.22. The van der Waals surface area contributed by atoms with Crippen LogP contribution in [0.15, 0.2) is 18.5 Å². The van der Waals surface area contributed by atoms with E-state index in [1.165, 1.54) is 0 Å². The molecule has 5 heteroatoms. The highest BCUT2D eigenvalue weighted by Crippen LogP contribution is 2.26. The molecular weight excluding hydrogens is 250 g/mol. The van der Waals surface area contributed by atoms with Gasteiger partial charge in [0.2, 0.25) is 5.91 Å². The molecule has 0 aliphatic rings. The standard InChI is InChI=1S/C13H20ClN3O/c1-13(2,6-7-15)5-3-12(18)17-11-9-16-8-4-10(11)14/h4,8-9H,3,5-7,15H2,1-2H3,(H,17,18). The molecule has 4 nitrogen and oxygen atoms in total. The molecule has 1 amide bonds. The lowest BCUT2D eigenvalue weighted by molar-refractivity contribution is -0.116. The second-order valence-corrected chi connectivity index (χ2v) is 5.51. The summed E-state index contributed by atoms with van der Waals surface area (Å²) in [6.07, 6.45) is 5.30. The van der Waals surface area contributed by atoms with Crippen LogP contribution in [0.4, 0.5) is 5.69 Å². The monoisotopic (exact) mass is 269 g/mol. The van der Waals surface area contributed by atoms with Crippen molar-refractivity contribution in [3.8, 4) is 0 Å². The van der Waals surface area contributed by atoms with E-state index in [1.807, 2.05) is 0 Å². The molecule has 100 valence electrons. The molecule has 1 rings (SSSR count). The van der Waals surface area contributed by atoms with Crippen molar-refractivity contribution in [2.75, 3.05) is 11.9 Å². The van der Waals surface area contributed by atoms with E-state index in [2.05, 4.69) is 24.1 Å². The zero-order chi connectivity index (χ0) is 13.6. The molecule has 0 aromatic carbocycles. The number of hydrogen-bond acceptors (Lipinski definition) is 3. The molecule has 0 aliphatic heterocycles. The van der Waals surface area contributed by atoms with Crippen LogP contribution in [0.1, 0.15) is 33.1 Å². The number of hydrogen-bond donors (Lipinski definition) is 2. The van der Waals surface area contributed by atoms with E-state index in [0.717, 1.165) is 12.8 Å². The van der Waals surface area contributed by atoms with E-state index in [4.69, 9.17) is 17.3 Å². The van der Waals surface area contributed by atoms with Gasteiger partial charge < -0.3 is 11.1 Å². The molecule has 1 aromatic rings. The number of pyridine rings is 1. The Kier molecular flexibility index (Phi) is 5.56. The van der Waals surface area contributed by atoms with Crippen molar-refractivity contribution in [3.63, 3.8) is 0 Å². The molecule has 0 fully saturated rings. The molecule has 1 heterocycles. The van der Waals surface area contributed by atoms with Crippen molar-refractivity contribution in [1.82, 2.24) is 4.98 Å². The van der Waals surface area contributed by atoms with Gasteiger partial charge in [-0.05, 0) is 30.9 Å². The molecule has 0 radical (unpaired) electrons. The summed E-state index contributed by atoms with van der Waals surface area (Å²) in [5.41, 5.74) is 6.18. The molecule has 0 aliphatic carbocycles. The van der Waals surface area contributed by atoms with Crippen LogP contribution < -0.4 is 11.1 Å². The van der Waals surface area contributed by atoms with Crippen molar-refractivity contribution in [1.29, 1.82) is 0 Å². The lowest BCUT2D eigenvalue weighted by Crippen LogP contribution is -2.20. The predicted molar refractivity (Wildman–Crippen MR) is 74.6 cm³/mol. The van der Waals surface area contributed by atoms with Crippen LogP contribution in [0.5, 0.6) is 0 Å². The van der Waals surface area contributed by atoms with E-state index in [9.17, 15) is 4.79 Å². The molecule has 0 atom stereocenters. The molecule has 18 heavy (non-hydrogen) atoms. The number of halogens is 1. The van der Waals surface area contributed by atoms with Gasteiger partial charge in [-0.3, -0.25) is 9.78 Å². The minimum absolute atomic E-state index is 0.0463. The average molecular weight is 270 g/mol. The van der Waals surface area contributed by atoms with Gasteiger partial charge in [-0.15, -0.1) is 0 Å². The molecule has 0 bridgehead atoms. The number of nitrogens with one attached hydrogen (secondary N) is 1. The number of nitrogens with zero attached hydrogens (tertiary/aromatic N) is 1. The molecule has 3 N–H and O–H groups in total. The van der Waals surface area contributed by atoms with Gasteiger partial charge in [-0.1, -0.05) is 25.4 Å². The first-order chi connectivity index (χ1) is 8.44. The van der Waals surface area contributed by atoms with Crippen LogP contribution in [-0.2, 0) is 4.79 Å². The number of nitrogens with two attached hydrogens (primary N) is 1. The van der Waals surface area contributed by atoms with Gasteiger partial charge in [-0.2, -0.15) is 0 Å². The average Bonchev–Trinajstić information content (AvgIpc) is 2.30. The summed E-state index contributed by atoms with van der Waals surface area (Å²) in [5.74, 6) is -0.0463. The fourth-order valence-corrected chi connectivity index (χ4v) is 1.80. The summed E-state index contributed by atoms with van der Waals surface area (Å²) in [4.78, 5) is 15.7. The molecular formula is C13H20ClN3O. The first-order valence-corrected chi connectivity index (χ1v) is 6.42. The van der Waals surface area contributed by atoms with Crippen molar-refractivity contribution >= 4 is 23.2 Å². The second-order valence-electron chi connectivity index (χ2n) is 5.11. The number of rotatable bonds is 6. The Labute approximate surface area is 113 Å². The van der Waals surface area contributed by atoms with E-state index < -0.39 is 0 Å². The fourth-order valence-electron chi connectivity index (χ4n) is 1.65. The van der Waals surface area contributed by atoms with Crippen molar-refractivity contribution in [2.24, 2.45) is 11.1 Å². The van der Waals surface area contributed by atoms with Crippen LogP contribution in [-0.4, -0.2) is 17.4 Å². The molecule has 0 saturated heterocycles. The highest BCUT2D eigenvalue weighted by atomic mass is 35.5. The Hall–Kier alpha value is -1.13. The summed E-state index contributed by atoms with van der Waals surface area (Å²) in [6, 6.07) is 1.65. The normalized spacial score (nSPS) is 11.3. The minimum Gasteiger partial charge on any atom is -0.330 e. The molecule has 0 unspecified atom stereocenters. The van der Waals surface area contributed by atoms with Crippen molar-refractivity contribution < 1.29 is 4.79 Å². The van der Waals surface area contributed by atoms with Crippen LogP contribution in [0.25, 0.3) is 0 Å². The van der Waals surface area contributed by atoms with E-state index in [-0.39, 0.29) is 11.3 Å². The lowest BCUT2D eigenvalue weighted by Gasteiger charge is -2.23. The first-order valence-electron chi connectivity index (χ1n) is 6.04. The van der Waals surface area contributed by atoms with Gasteiger partial charge >= 0.3 is 0 Å². The Morgan fingerprint density at radius 2 is 2.22 bits per heavy atom. The van der Waals surface area contributed by atoms with E-state index >= 15 is 0 Å². The van der Waals surface area contributed by atoms with Crippen molar-refractivity contribution in [2.45, 2.75) is 33.1 Å². The number of amides is 1. The highest BCUT2D eigenvalue weighted by Gasteiger charge is 2.18. The smallest absolute Gasteiger partial charge is 0.224 e. The number of aromatic nitrogens is 1. The summed E-state index contributed by atoms with van der Waals surface area (Å²) >= 11 is 5.94. The molecule has 0 saturated carbocycles. The van der Waals surface area contributed by atoms with Gasteiger partial charge in [0.05, 0.1) is 16.9 Å². The number of carbonyl (C=O) groups is 1. The highest BCUT2D eigenvalue weighted by molar-refractivity contribution is 6.33.